The lowest BCUT2D eigenvalue weighted by molar-refractivity contribution is 0.428. The minimum atomic E-state index is 0.123. The van der Waals surface area contributed by atoms with E-state index in [1.54, 1.807) is 0 Å². The maximum atomic E-state index is 3.34. The number of rotatable bonds is 4. The van der Waals surface area contributed by atoms with Crippen LogP contribution in [0.5, 0.6) is 0 Å². The Bertz CT molecular complexity index is 502. The summed E-state index contributed by atoms with van der Waals surface area (Å²) >= 11 is 1.81. The van der Waals surface area contributed by atoms with Gasteiger partial charge in [0.1, 0.15) is 0 Å². The van der Waals surface area contributed by atoms with Gasteiger partial charge in [-0.05, 0) is 27.0 Å². The average Bonchev–Trinajstić information content (AvgIpc) is 2.72. The molecule has 1 N–H and O–H groups in total. The van der Waals surface area contributed by atoms with Crippen molar-refractivity contribution in [1.82, 2.24) is 5.32 Å². The van der Waals surface area contributed by atoms with Crippen LogP contribution in [0.3, 0.4) is 0 Å². The first-order valence-electron chi connectivity index (χ1n) is 5.90. The Kier molecular flexibility index (Phi) is 3.40. The lowest BCUT2D eigenvalue weighted by Gasteiger charge is -2.31. The van der Waals surface area contributed by atoms with Crippen LogP contribution in [-0.2, 0) is 0 Å². The van der Waals surface area contributed by atoms with Gasteiger partial charge in [-0.25, -0.2) is 0 Å². The van der Waals surface area contributed by atoms with Crippen LogP contribution in [0.4, 0.5) is 5.69 Å². The molecule has 0 aliphatic carbocycles. The molecule has 2 aromatic rings. The molecule has 0 radical (unpaired) electrons. The van der Waals surface area contributed by atoms with Crippen LogP contribution in [0, 0.1) is 0 Å². The van der Waals surface area contributed by atoms with Crippen LogP contribution in [0.15, 0.2) is 29.6 Å². The average molecular weight is 248 g/mol. The Balaban J connectivity index is 2.28. The number of benzene rings is 1. The highest BCUT2D eigenvalue weighted by Gasteiger charge is 2.19. The number of hydrogen-bond donors (Lipinski definition) is 1. The van der Waals surface area contributed by atoms with Gasteiger partial charge in [0, 0.05) is 34.6 Å². The summed E-state index contributed by atoms with van der Waals surface area (Å²) in [6, 6.07) is 8.58. The first-order chi connectivity index (χ1) is 8.03. The first kappa shape index (κ1) is 12.4. The van der Waals surface area contributed by atoms with E-state index in [-0.39, 0.29) is 5.54 Å². The number of nitrogens with zero attached hydrogens (tertiary/aromatic N) is 1. The Morgan fingerprint density at radius 2 is 2.00 bits per heavy atom. The van der Waals surface area contributed by atoms with Crippen LogP contribution < -0.4 is 10.2 Å². The van der Waals surface area contributed by atoms with Gasteiger partial charge in [0.25, 0.3) is 0 Å². The summed E-state index contributed by atoms with van der Waals surface area (Å²) in [5, 5.41) is 6.94. The number of anilines is 1. The summed E-state index contributed by atoms with van der Waals surface area (Å²) in [5.41, 5.74) is 1.45. The molecule has 0 fully saturated rings. The molecule has 0 aliphatic rings. The molecule has 1 aromatic carbocycles. The molecule has 17 heavy (non-hydrogen) atoms. The maximum absolute atomic E-state index is 3.34. The van der Waals surface area contributed by atoms with Crippen LogP contribution in [0.1, 0.15) is 13.8 Å². The fraction of sp³-hybridized carbons (Fsp3) is 0.429. The summed E-state index contributed by atoms with van der Waals surface area (Å²) in [4.78, 5) is 2.33. The summed E-state index contributed by atoms with van der Waals surface area (Å²) in [7, 11) is 4.17. The summed E-state index contributed by atoms with van der Waals surface area (Å²) in [5.74, 6) is 0. The quantitative estimate of drug-likeness (QED) is 0.893. The van der Waals surface area contributed by atoms with E-state index in [9.17, 15) is 0 Å². The molecule has 2 rings (SSSR count). The standard InChI is InChI=1S/C14H20N2S/c1-14(2,15-3)10-16(4)12-9-17-13-8-6-5-7-11(12)13/h5-9,15H,10H2,1-4H3. The molecular weight excluding hydrogens is 228 g/mol. The van der Waals surface area contributed by atoms with Crippen molar-refractivity contribution in [3.8, 4) is 0 Å². The van der Waals surface area contributed by atoms with Crippen LogP contribution in [-0.4, -0.2) is 26.2 Å². The number of nitrogens with one attached hydrogen (secondary N) is 1. The van der Waals surface area contributed by atoms with Gasteiger partial charge >= 0.3 is 0 Å². The first-order valence-corrected chi connectivity index (χ1v) is 6.78. The zero-order valence-corrected chi connectivity index (χ0v) is 11.8. The summed E-state index contributed by atoms with van der Waals surface area (Å²) in [6.07, 6.45) is 0. The summed E-state index contributed by atoms with van der Waals surface area (Å²) < 4.78 is 1.36. The number of fused-ring (bicyclic) bond motifs is 1. The highest BCUT2D eigenvalue weighted by Crippen LogP contribution is 2.32. The fourth-order valence-corrected chi connectivity index (χ4v) is 3.02. The highest BCUT2D eigenvalue weighted by atomic mass is 32.1. The van der Waals surface area contributed by atoms with E-state index >= 15 is 0 Å². The molecule has 1 heterocycles. The van der Waals surface area contributed by atoms with Gasteiger partial charge in [-0.1, -0.05) is 18.2 Å². The molecule has 0 aliphatic heterocycles. The smallest absolute Gasteiger partial charge is 0.0552 e. The predicted molar refractivity (Wildman–Crippen MR) is 78.2 cm³/mol. The summed E-state index contributed by atoms with van der Waals surface area (Å²) in [6.45, 7) is 5.43. The molecule has 0 saturated carbocycles. The van der Waals surface area contributed by atoms with Crippen molar-refractivity contribution in [1.29, 1.82) is 0 Å². The van der Waals surface area contributed by atoms with E-state index < -0.39 is 0 Å². The van der Waals surface area contributed by atoms with E-state index in [1.807, 2.05) is 18.4 Å². The number of hydrogen-bond acceptors (Lipinski definition) is 3. The third-order valence-corrected chi connectivity index (χ3v) is 4.13. The van der Waals surface area contributed by atoms with Crippen molar-refractivity contribution in [2.75, 3.05) is 25.5 Å². The fourth-order valence-electron chi connectivity index (χ4n) is 2.02. The van der Waals surface area contributed by atoms with Crippen molar-refractivity contribution in [2.24, 2.45) is 0 Å². The lowest BCUT2D eigenvalue weighted by Crippen LogP contribution is -2.46. The second-order valence-electron chi connectivity index (χ2n) is 5.11. The van der Waals surface area contributed by atoms with Gasteiger partial charge in [0.15, 0.2) is 0 Å². The van der Waals surface area contributed by atoms with E-state index in [0.29, 0.717) is 0 Å². The van der Waals surface area contributed by atoms with E-state index in [0.717, 1.165) is 6.54 Å². The van der Waals surface area contributed by atoms with Gasteiger partial charge in [0.2, 0.25) is 0 Å². The predicted octanol–water partition coefficient (Wildman–Crippen LogP) is 3.34. The van der Waals surface area contributed by atoms with Crippen LogP contribution in [0.2, 0.25) is 0 Å². The van der Waals surface area contributed by atoms with Gasteiger partial charge in [-0.3, -0.25) is 0 Å². The second-order valence-corrected chi connectivity index (χ2v) is 6.02. The third-order valence-electron chi connectivity index (χ3n) is 3.18. The van der Waals surface area contributed by atoms with Crippen molar-refractivity contribution in [2.45, 2.75) is 19.4 Å². The molecule has 0 amide bonds. The second kappa shape index (κ2) is 4.67. The third kappa shape index (κ3) is 2.61. The largest absolute Gasteiger partial charge is 0.372 e. The van der Waals surface area contributed by atoms with Crippen LogP contribution in [0.25, 0.3) is 10.1 Å². The Labute approximate surface area is 107 Å². The number of thiophene rings is 1. The maximum Gasteiger partial charge on any atom is 0.0552 e. The minimum absolute atomic E-state index is 0.123. The molecule has 0 spiro atoms. The monoisotopic (exact) mass is 248 g/mol. The molecule has 0 unspecified atom stereocenters. The van der Waals surface area contributed by atoms with Gasteiger partial charge < -0.3 is 10.2 Å². The van der Waals surface area contributed by atoms with Crippen molar-refractivity contribution < 1.29 is 0 Å². The van der Waals surface area contributed by atoms with Crippen molar-refractivity contribution in [3.05, 3.63) is 29.6 Å². The lowest BCUT2D eigenvalue weighted by atomic mass is 10.1. The van der Waals surface area contributed by atoms with Crippen molar-refractivity contribution >= 4 is 27.1 Å². The molecule has 3 heteroatoms. The highest BCUT2D eigenvalue weighted by molar-refractivity contribution is 7.17. The van der Waals surface area contributed by atoms with Crippen molar-refractivity contribution in [3.63, 3.8) is 0 Å². The SMILES string of the molecule is CNC(C)(C)CN(C)c1csc2ccccc12. The van der Waals surface area contributed by atoms with E-state index in [4.69, 9.17) is 0 Å². The molecule has 0 bridgehead atoms. The van der Waals surface area contributed by atoms with Crippen LogP contribution >= 0.6 is 11.3 Å². The molecule has 0 atom stereocenters. The molecule has 2 nitrogen and oxygen atoms in total. The molecule has 0 saturated heterocycles. The Hall–Kier alpha value is -1.06. The van der Waals surface area contributed by atoms with E-state index in [1.165, 1.54) is 15.8 Å². The molecule has 92 valence electrons. The van der Waals surface area contributed by atoms with Gasteiger partial charge in [-0.2, -0.15) is 0 Å². The Morgan fingerprint density at radius 3 is 2.71 bits per heavy atom. The minimum Gasteiger partial charge on any atom is -0.372 e. The zero-order chi connectivity index (χ0) is 12.5. The number of likely N-dealkylation sites (N-methyl/N-ethyl adjacent to an activating group) is 2. The molecule has 1 aromatic heterocycles. The normalized spacial score (nSPS) is 12.0. The van der Waals surface area contributed by atoms with Gasteiger partial charge in [0.05, 0.1) is 5.69 Å². The topological polar surface area (TPSA) is 15.3 Å². The Morgan fingerprint density at radius 1 is 1.29 bits per heavy atom. The van der Waals surface area contributed by atoms with E-state index in [2.05, 4.69) is 60.8 Å². The van der Waals surface area contributed by atoms with Gasteiger partial charge in [-0.15, -0.1) is 11.3 Å². The molecular formula is C14H20N2S. The zero-order valence-electron chi connectivity index (χ0n) is 10.9.